The van der Waals surface area contributed by atoms with Crippen molar-refractivity contribution >= 4 is 11.9 Å². The van der Waals surface area contributed by atoms with Gasteiger partial charge >= 0.3 is 5.97 Å². The SMILES string of the molecule is CCOC(=O)CCN(C(=O)C=C(C)C)C1CCCCC1C. The van der Waals surface area contributed by atoms with Crippen molar-refractivity contribution < 1.29 is 14.3 Å². The predicted octanol–water partition coefficient (Wildman–Crippen LogP) is 3.31. The highest BCUT2D eigenvalue weighted by molar-refractivity contribution is 5.88. The molecule has 0 aliphatic heterocycles. The molecule has 0 aromatic carbocycles. The van der Waals surface area contributed by atoms with Crippen molar-refractivity contribution in [1.29, 1.82) is 0 Å². The number of hydrogen-bond donors (Lipinski definition) is 0. The topological polar surface area (TPSA) is 46.6 Å². The molecule has 4 nitrogen and oxygen atoms in total. The van der Waals surface area contributed by atoms with Crippen LogP contribution in [0.15, 0.2) is 11.6 Å². The van der Waals surface area contributed by atoms with Gasteiger partial charge in [-0.05, 0) is 39.5 Å². The largest absolute Gasteiger partial charge is 0.466 e. The molecule has 1 rings (SSSR count). The highest BCUT2D eigenvalue weighted by Crippen LogP contribution is 2.28. The van der Waals surface area contributed by atoms with E-state index in [1.165, 1.54) is 6.42 Å². The van der Waals surface area contributed by atoms with Gasteiger partial charge in [-0.15, -0.1) is 0 Å². The van der Waals surface area contributed by atoms with Crippen molar-refractivity contribution in [2.45, 2.75) is 65.8 Å². The van der Waals surface area contributed by atoms with E-state index in [2.05, 4.69) is 6.92 Å². The summed E-state index contributed by atoms with van der Waals surface area (Å²) < 4.78 is 4.97. The van der Waals surface area contributed by atoms with Crippen LogP contribution in [0.3, 0.4) is 0 Å². The van der Waals surface area contributed by atoms with Crippen LogP contribution in [0.5, 0.6) is 0 Å². The Morgan fingerprint density at radius 2 is 1.90 bits per heavy atom. The van der Waals surface area contributed by atoms with Gasteiger partial charge in [-0.2, -0.15) is 0 Å². The lowest BCUT2D eigenvalue weighted by Gasteiger charge is -2.38. The molecule has 21 heavy (non-hydrogen) atoms. The molecule has 0 N–H and O–H groups in total. The maximum Gasteiger partial charge on any atom is 0.307 e. The molecule has 0 saturated heterocycles. The van der Waals surface area contributed by atoms with Gasteiger partial charge in [0.1, 0.15) is 0 Å². The molecule has 1 amide bonds. The summed E-state index contributed by atoms with van der Waals surface area (Å²) in [5.41, 5.74) is 0.990. The molecule has 1 fully saturated rings. The fourth-order valence-corrected chi connectivity index (χ4v) is 2.97. The zero-order valence-corrected chi connectivity index (χ0v) is 13.9. The molecule has 1 aliphatic rings. The number of hydrogen-bond acceptors (Lipinski definition) is 3. The van der Waals surface area contributed by atoms with Gasteiger partial charge in [0.2, 0.25) is 5.91 Å². The Hall–Kier alpha value is -1.32. The Morgan fingerprint density at radius 1 is 1.24 bits per heavy atom. The van der Waals surface area contributed by atoms with E-state index in [-0.39, 0.29) is 24.3 Å². The van der Waals surface area contributed by atoms with Crippen molar-refractivity contribution in [1.82, 2.24) is 4.90 Å². The maximum absolute atomic E-state index is 12.5. The van der Waals surface area contributed by atoms with E-state index in [0.717, 1.165) is 24.8 Å². The fraction of sp³-hybridized carbons (Fsp3) is 0.765. The third-order valence-corrected chi connectivity index (χ3v) is 4.02. The number of carbonyl (C=O) groups is 2. The molecular weight excluding hydrogens is 266 g/mol. The van der Waals surface area contributed by atoms with Crippen molar-refractivity contribution in [3.8, 4) is 0 Å². The van der Waals surface area contributed by atoms with Crippen LogP contribution < -0.4 is 0 Å². The molecular formula is C17H29NO3. The van der Waals surface area contributed by atoms with Gasteiger partial charge in [0.25, 0.3) is 0 Å². The van der Waals surface area contributed by atoms with Crippen molar-refractivity contribution in [2.24, 2.45) is 5.92 Å². The number of nitrogens with zero attached hydrogens (tertiary/aromatic N) is 1. The third-order valence-electron chi connectivity index (χ3n) is 4.02. The minimum atomic E-state index is -0.226. The molecule has 1 aliphatic carbocycles. The van der Waals surface area contributed by atoms with Gasteiger partial charge in [0.05, 0.1) is 13.0 Å². The molecule has 0 bridgehead atoms. The van der Waals surface area contributed by atoms with E-state index in [9.17, 15) is 9.59 Å². The first-order valence-corrected chi connectivity index (χ1v) is 8.06. The van der Waals surface area contributed by atoms with E-state index in [4.69, 9.17) is 4.74 Å². The van der Waals surface area contributed by atoms with Crippen LogP contribution in [0, 0.1) is 5.92 Å². The Balaban J connectivity index is 2.76. The first-order chi connectivity index (χ1) is 9.95. The summed E-state index contributed by atoms with van der Waals surface area (Å²) in [5.74, 6) is 0.296. The Kier molecular flexibility index (Phi) is 7.48. The van der Waals surface area contributed by atoms with Gasteiger partial charge in [-0.1, -0.05) is 25.3 Å². The predicted molar refractivity (Wildman–Crippen MR) is 83.8 cm³/mol. The lowest BCUT2D eigenvalue weighted by atomic mass is 9.84. The van der Waals surface area contributed by atoms with Crippen molar-refractivity contribution in [3.63, 3.8) is 0 Å². The van der Waals surface area contributed by atoms with Gasteiger partial charge in [-0.25, -0.2) is 0 Å². The van der Waals surface area contributed by atoms with Gasteiger partial charge in [0.15, 0.2) is 0 Å². The minimum absolute atomic E-state index is 0.0260. The summed E-state index contributed by atoms with van der Waals surface area (Å²) in [4.78, 5) is 25.9. The molecule has 0 aromatic heterocycles. The van der Waals surface area contributed by atoms with Crippen LogP contribution >= 0.6 is 0 Å². The van der Waals surface area contributed by atoms with Crippen LogP contribution in [0.1, 0.15) is 59.8 Å². The zero-order chi connectivity index (χ0) is 15.8. The summed E-state index contributed by atoms with van der Waals surface area (Å²) in [7, 11) is 0. The Bertz CT molecular complexity index is 385. The summed E-state index contributed by atoms with van der Waals surface area (Å²) in [6.45, 7) is 8.69. The molecule has 120 valence electrons. The number of allylic oxidation sites excluding steroid dienone is 1. The second kappa shape index (κ2) is 8.85. The molecule has 2 unspecified atom stereocenters. The summed E-state index contributed by atoms with van der Waals surface area (Å²) in [6, 6.07) is 0.247. The molecule has 0 heterocycles. The average molecular weight is 295 g/mol. The van der Waals surface area contributed by atoms with Crippen LogP contribution in [-0.2, 0) is 14.3 Å². The van der Waals surface area contributed by atoms with Crippen LogP contribution in [0.4, 0.5) is 0 Å². The quantitative estimate of drug-likeness (QED) is 0.558. The van der Waals surface area contributed by atoms with Gasteiger partial charge in [0, 0.05) is 18.7 Å². The molecule has 2 atom stereocenters. The number of ether oxygens (including phenoxy) is 1. The summed E-state index contributed by atoms with van der Waals surface area (Å²) in [6.07, 6.45) is 6.54. The lowest BCUT2D eigenvalue weighted by molar-refractivity contribution is -0.144. The lowest BCUT2D eigenvalue weighted by Crippen LogP contribution is -2.45. The smallest absolute Gasteiger partial charge is 0.307 e. The molecule has 4 heteroatoms. The standard InChI is InChI=1S/C17H29NO3/c1-5-21-17(20)10-11-18(16(19)12-13(2)3)15-9-7-6-8-14(15)4/h12,14-15H,5-11H2,1-4H3. The third kappa shape index (κ3) is 5.90. The highest BCUT2D eigenvalue weighted by Gasteiger charge is 2.29. The second-order valence-electron chi connectivity index (χ2n) is 6.14. The Morgan fingerprint density at radius 3 is 2.48 bits per heavy atom. The van der Waals surface area contributed by atoms with Crippen LogP contribution in [-0.4, -0.2) is 36.0 Å². The zero-order valence-electron chi connectivity index (χ0n) is 13.9. The normalized spacial score (nSPS) is 21.5. The fourth-order valence-electron chi connectivity index (χ4n) is 2.97. The maximum atomic E-state index is 12.5. The van der Waals surface area contributed by atoms with Gasteiger partial charge < -0.3 is 9.64 Å². The number of amides is 1. The summed E-state index contributed by atoms with van der Waals surface area (Å²) >= 11 is 0. The highest BCUT2D eigenvalue weighted by atomic mass is 16.5. The molecule has 1 saturated carbocycles. The minimum Gasteiger partial charge on any atom is -0.466 e. The van der Waals surface area contributed by atoms with Crippen LogP contribution in [0.2, 0.25) is 0 Å². The average Bonchev–Trinajstić information content (AvgIpc) is 2.40. The van der Waals surface area contributed by atoms with E-state index < -0.39 is 0 Å². The monoisotopic (exact) mass is 295 g/mol. The first-order valence-electron chi connectivity index (χ1n) is 8.06. The number of carbonyl (C=O) groups excluding carboxylic acids is 2. The van der Waals surface area contributed by atoms with Crippen molar-refractivity contribution in [2.75, 3.05) is 13.2 Å². The van der Waals surface area contributed by atoms with E-state index in [1.54, 1.807) is 13.0 Å². The van der Waals surface area contributed by atoms with E-state index >= 15 is 0 Å². The van der Waals surface area contributed by atoms with E-state index in [0.29, 0.717) is 19.1 Å². The first kappa shape index (κ1) is 17.7. The van der Waals surface area contributed by atoms with Crippen LogP contribution in [0.25, 0.3) is 0 Å². The number of esters is 1. The molecule has 0 radical (unpaired) electrons. The second-order valence-corrected chi connectivity index (χ2v) is 6.14. The van der Waals surface area contributed by atoms with Gasteiger partial charge in [-0.3, -0.25) is 9.59 Å². The van der Waals surface area contributed by atoms with E-state index in [1.807, 2.05) is 18.7 Å². The van der Waals surface area contributed by atoms with Crippen molar-refractivity contribution in [3.05, 3.63) is 11.6 Å². The molecule has 0 spiro atoms. The number of rotatable bonds is 6. The molecule has 0 aromatic rings. The Labute approximate surface area is 128 Å². The summed E-state index contributed by atoms with van der Waals surface area (Å²) in [5, 5.41) is 0.